The number of amides is 1. The quantitative estimate of drug-likeness (QED) is 0.832. The molecule has 7 heteroatoms. The topological polar surface area (TPSA) is 75.7 Å². The van der Waals surface area contributed by atoms with Crippen LogP contribution in [0.15, 0.2) is 41.3 Å². The lowest BCUT2D eigenvalue weighted by Gasteiger charge is -2.24. The van der Waals surface area contributed by atoms with Gasteiger partial charge in [-0.25, -0.2) is 8.42 Å². The van der Waals surface area contributed by atoms with E-state index in [-0.39, 0.29) is 10.8 Å². The van der Waals surface area contributed by atoms with Crippen LogP contribution < -0.4 is 10.1 Å². The van der Waals surface area contributed by atoms with Gasteiger partial charge in [-0.1, -0.05) is 12.1 Å². The fourth-order valence-corrected chi connectivity index (χ4v) is 5.47. The molecule has 1 aliphatic heterocycles. The van der Waals surface area contributed by atoms with Crippen molar-refractivity contribution in [3.63, 3.8) is 0 Å². The third-order valence-corrected chi connectivity index (χ3v) is 6.85. The summed E-state index contributed by atoms with van der Waals surface area (Å²) in [6.45, 7) is 6.09. The summed E-state index contributed by atoms with van der Waals surface area (Å²) < 4.78 is 33.1. The standard InChI is InChI=1S/C21H26N2O4S/c1-14-7-8-20(19(13-14)27-4)28(25,26)23-9-5-6-18(23)21(24)22-17-11-15(2)10-16(3)12-17/h7-8,10-13,18H,5-6,9H2,1-4H3,(H,22,24)/t18-/m0/s1. The highest BCUT2D eigenvalue weighted by molar-refractivity contribution is 7.89. The van der Waals surface area contributed by atoms with E-state index >= 15 is 0 Å². The third kappa shape index (κ3) is 4.05. The average Bonchev–Trinajstić information content (AvgIpc) is 3.11. The van der Waals surface area contributed by atoms with Gasteiger partial charge in [0.1, 0.15) is 16.7 Å². The number of nitrogens with zero attached hydrogens (tertiary/aromatic N) is 1. The Kier molecular flexibility index (Phi) is 5.76. The number of sulfonamides is 1. The lowest BCUT2D eigenvalue weighted by molar-refractivity contribution is -0.119. The highest BCUT2D eigenvalue weighted by atomic mass is 32.2. The second-order valence-electron chi connectivity index (χ2n) is 7.29. The number of benzene rings is 2. The van der Waals surface area contributed by atoms with Gasteiger partial charge < -0.3 is 10.1 Å². The van der Waals surface area contributed by atoms with E-state index in [2.05, 4.69) is 5.32 Å². The number of anilines is 1. The van der Waals surface area contributed by atoms with Gasteiger partial charge in [0.2, 0.25) is 15.9 Å². The number of aryl methyl sites for hydroxylation is 3. The first-order chi connectivity index (χ1) is 13.2. The molecule has 0 saturated carbocycles. The van der Waals surface area contributed by atoms with Crippen molar-refractivity contribution in [3.05, 3.63) is 53.1 Å². The van der Waals surface area contributed by atoms with Crippen LogP contribution in [0.2, 0.25) is 0 Å². The normalized spacial score (nSPS) is 17.5. The second kappa shape index (κ2) is 7.93. The van der Waals surface area contributed by atoms with E-state index in [1.165, 1.54) is 11.4 Å². The van der Waals surface area contributed by atoms with Crippen LogP contribution in [0.3, 0.4) is 0 Å². The fourth-order valence-electron chi connectivity index (χ4n) is 3.68. The molecule has 2 aromatic rings. The fraction of sp³-hybridized carbons (Fsp3) is 0.381. The average molecular weight is 403 g/mol. The zero-order valence-electron chi connectivity index (χ0n) is 16.7. The van der Waals surface area contributed by atoms with Gasteiger partial charge in [-0.3, -0.25) is 4.79 Å². The summed E-state index contributed by atoms with van der Waals surface area (Å²) in [5, 5.41) is 2.88. The number of carbonyl (C=O) groups excluding carboxylic acids is 1. The Labute approximate surface area is 166 Å². The van der Waals surface area contributed by atoms with Gasteiger partial charge in [0.15, 0.2) is 0 Å². The van der Waals surface area contributed by atoms with Crippen molar-refractivity contribution in [2.75, 3.05) is 19.0 Å². The molecule has 3 rings (SSSR count). The van der Waals surface area contributed by atoms with E-state index in [4.69, 9.17) is 4.74 Å². The molecule has 1 aliphatic rings. The molecule has 0 radical (unpaired) electrons. The van der Waals surface area contributed by atoms with Crippen LogP contribution in [0.25, 0.3) is 0 Å². The van der Waals surface area contributed by atoms with Gasteiger partial charge in [0.25, 0.3) is 0 Å². The predicted octanol–water partition coefficient (Wildman–Crippen LogP) is 3.41. The van der Waals surface area contributed by atoms with Crippen molar-refractivity contribution in [1.82, 2.24) is 4.31 Å². The lowest BCUT2D eigenvalue weighted by Crippen LogP contribution is -2.43. The Morgan fingerprint density at radius 3 is 2.39 bits per heavy atom. The number of methoxy groups -OCH3 is 1. The highest BCUT2D eigenvalue weighted by Gasteiger charge is 2.40. The number of nitrogens with one attached hydrogen (secondary N) is 1. The monoisotopic (exact) mass is 402 g/mol. The van der Waals surface area contributed by atoms with Crippen LogP contribution in [0, 0.1) is 20.8 Å². The smallest absolute Gasteiger partial charge is 0.247 e. The maximum Gasteiger partial charge on any atom is 0.247 e. The minimum Gasteiger partial charge on any atom is -0.495 e. The van der Waals surface area contributed by atoms with Gasteiger partial charge in [-0.2, -0.15) is 4.31 Å². The number of carbonyl (C=O) groups is 1. The van der Waals surface area contributed by atoms with Crippen molar-refractivity contribution in [1.29, 1.82) is 0 Å². The summed E-state index contributed by atoms with van der Waals surface area (Å²) in [7, 11) is -2.41. The van der Waals surface area contributed by atoms with E-state index in [1.54, 1.807) is 18.2 Å². The van der Waals surface area contributed by atoms with E-state index in [9.17, 15) is 13.2 Å². The van der Waals surface area contributed by atoms with Gasteiger partial charge in [0.05, 0.1) is 7.11 Å². The van der Waals surface area contributed by atoms with Crippen LogP contribution in [0.1, 0.15) is 29.5 Å². The molecular weight excluding hydrogens is 376 g/mol. The van der Waals surface area contributed by atoms with Crippen molar-refractivity contribution in [2.45, 2.75) is 44.6 Å². The van der Waals surface area contributed by atoms with E-state index < -0.39 is 16.1 Å². The van der Waals surface area contributed by atoms with Crippen molar-refractivity contribution in [3.8, 4) is 5.75 Å². The summed E-state index contributed by atoms with van der Waals surface area (Å²) in [6, 6.07) is 10.00. The lowest BCUT2D eigenvalue weighted by atomic mass is 10.1. The molecule has 1 N–H and O–H groups in total. The molecule has 0 aliphatic carbocycles. The molecule has 1 atom stereocenters. The van der Waals surface area contributed by atoms with E-state index in [0.29, 0.717) is 30.8 Å². The van der Waals surface area contributed by atoms with Crippen LogP contribution in [-0.4, -0.2) is 38.3 Å². The van der Waals surface area contributed by atoms with E-state index in [1.807, 2.05) is 39.0 Å². The maximum atomic E-state index is 13.3. The minimum atomic E-state index is -3.85. The molecule has 1 fully saturated rings. The summed E-state index contributed by atoms with van der Waals surface area (Å²) in [5.74, 6) is -0.0162. The van der Waals surface area contributed by atoms with Gasteiger partial charge in [-0.15, -0.1) is 0 Å². The number of rotatable bonds is 5. The third-order valence-electron chi connectivity index (χ3n) is 4.90. The predicted molar refractivity (Wildman–Crippen MR) is 109 cm³/mol. The maximum absolute atomic E-state index is 13.3. The Balaban J connectivity index is 1.88. The Morgan fingerprint density at radius 1 is 1.07 bits per heavy atom. The van der Waals surface area contributed by atoms with Crippen molar-refractivity contribution < 1.29 is 17.9 Å². The van der Waals surface area contributed by atoms with Crippen molar-refractivity contribution >= 4 is 21.6 Å². The SMILES string of the molecule is COc1cc(C)ccc1S(=O)(=O)N1CCC[C@H]1C(=O)Nc1cc(C)cc(C)c1. The largest absolute Gasteiger partial charge is 0.495 e. The molecule has 1 saturated heterocycles. The van der Waals surface area contributed by atoms with Gasteiger partial charge >= 0.3 is 0 Å². The van der Waals surface area contributed by atoms with Crippen LogP contribution >= 0.6 is 0 Å². The van der Waals surface area contributed by atoms with Crippen LogP contribution in [0.4, 0.5) is 5.69 Å². The molecule has 0 unspecified atom stereocenters. The molecule has 0 spiro atoms. The zero-order chi connectivity index (χ0) is 20.5. The first-order valence-electron chi connectivity index (χ1n) is 9.28. The van der Waals surface area contributed by atoms with Crippen molar-refractivity contribution in [2.24, 2.45) is 0 Å². The molecular formula is C21H26N2O4S. The zero-order valence-corrected chi connectivity index (χ0v) is 17.5. The molecule has 28 heavy (non-hydrogen) atoms. The molecule has 150 valence electrons. The number of hydrogen-bond acceptors (Lipinski definition) is 4. The summed E-state index contributed by atoms with van der Waals surface area (Å²) in [6.07, 6.45) is 1.13. The molecule has 1 amide bonds. The van der Waals surface area contributed by atoms with Gasteiger partial charge in [-0.05, 0) is 74.6 Å². The van der Waals surface area contributed by atoms with E-state index in [0.717, 1.165) is 16.7 Å². The Bertz CT molecular complexity index is 981. The molecule has 1 heterocycles. The second-order valence-corrected chi connectivity index (χ2v) is 9.15. The number of hydrogen-bond donors (Lipinski definition) is 1. The highest BCUT2D eigenvalue weighted by Crippen LogP contribution is 2.32. The first-order valence-corrected chi connectivity index (χ1v) is 10.7. The summed E-state index contributed by atoms with van der Waals surface area (Å²) in [5.41, 5.74) is 3.66. The molecule has 0 bridgehead atoms. The minimum absolute atomic E-state index is 0.0895. The molecule has 2 aromatic carbocycles. The molecule has 6 nitrogen and oxygen atoms in total. The molecule has 0 aromatic heterocycles. The summed E-state index contributed by atoms with van der Waals surface area (Å²) >= 11 is 0. The first kappa shape index (κ1) is 20.4. The van der Waals surface area contributed by atoms with Crippen LogP contribution in [0.5, 0.6) is 5.75 Å². The Morgan fingerprint density at radius 2 is 1.75 bits per heavy atom. The van der Waals surface area contributed by atoms with Gasteiger partial charge in [0, 0.05) is 12.2 Å². The van der Waals surface area contributed by atoms with Crippen LogP contribution in [-0.2, 0) is 14.8 Å². The summed E-state index contributed by atoms with van der Waals surface area (Å²) in [4.78, 5) is 13.0. The Hall–Kier alpha value is -2.38. The number of ether oxygens (including phenoxy) is 1.